The van der Waals surface area contributed by atoms with Crippen LogP contribution in [0.5, 0.6) is 0 Å². The average Bonchev–Trinajstić information content (AvgIpc) is 2.23. The maximum Gasteiger partial charge on any atom is 0.221 e. The molecule has 0 spiro atoms. The molecule has 5 nitrogen and oxygen atoms in total. The van der Waals surface area contributed by atoms with Crippen LogP contribution in [0, 0.1) is 0 Å². The molecule has 0 fully saturated rings. The highest BCUT2D eigenvalue weighted by Crippen LogP contribution is 2.01. The molecule has 0 aliphatic rings. The lowest BCUT2D eigenvalue weighted by molar-refractivity contribution is 0.282. The van der Waals surface area contributed by atoms with E-state index in [1.807, 2.05) is 20.8 Å². The summed E-state index contributed by atoms with van der Waals surface area (Å²) in [5.41, 5.74) is 5.35. The number of thiocarbonyl (C=S) groups is 1. The highest BCUT2D eigenvalue weighted by atomic mass is 32.2. The van der Waals surface area contributed by atoms with Crippen LogP contribution in [-0.4, -0.2) is 49.2 Å². The lowest BCUT2D eigenvalue weighted by Crippen LogP contribution is -2.47. The minimum absolute atomic E-state index is 0.00691. The molecule has 0 aromatic rings. The van der Waals surface area contributed by atoms with Crippen LogP contribution in [0.2, 0.25) is 0 Å². The third kappa shape index (κ3) is 5.76. The first-order valence-electron chi connectivity index (χ1n) is 5.77. The van der Waals surface area contributed by atoms with Crippen molar-refractivity contribution in [3.63, 3.8) is 0 Å². The summed E-state index contributed by atoms with van der Waals surface area (Å²) in [6.45, 7) is 9.89. The molecule has 0 aromatic heterocycles. The van der Waals surface area contributed by atoms with Gasteiger partial charge in [-0.25, -0.2) is 13.1 Å². The quantitative estimate of drug-likeness (QED) is 0.626. The van der Waals surface area contributed by atoms with Crippen LogP contribution in [0.3, 0.4) is 0 Å². The number of nitrogens with zero attached hydrogens (tertiary/aromatic N) is 1. The van der Waals surface area contributed by atoms with Crippen molar-refractivity contribution in [1.82, 2.24) is 9.62 Å². The average molecular weight is 281 g/mol. The molecule has 0 aliphatic carbocycles. The van der Waals surface area contributed by atoms with Crippen LogP contribution in [0.4, 0.5) is 0 Å². The molecule has 0 rings (SSSR count). The van der Waals surface area contributed by atoms with Gasteiger partial charge in [-0.15, -0.1) is 0 Å². The maximum absolute atomic E-state index is 11.8. The van der Waals surface area contributed by atoms with Crippen molar-refractivity contribution in [1.29, 1.82) is 0 Å². The van der Waals surface area contributed by atoms with E-state index in [0.717, 1.165) is 13.1 Å². The van der Waals surface area contributed by atoms with E-state index in [-0.39, 0.29) is 11.0 Å². The van der Waals surface area contributed by atoms with Gasteiger partial charge in [0.15, 0.2) is 0 Å². The van der Waals surface area contributed by atoms with Crippen molar-refractivity contribution in [2.24, 2.45) is 5.73 Å². The monoisotopic (exact) mass is 281 g/mol. The Morgan fingerprint density at radius 3 is 2.18 bits per heavy atom. The van der Waals surface area contributed by atoms with Crippen molar-refractivity contribution in [2.45, 2.75) is 39.0 Å². The van der Waals surface area contributed by atoms with Crippen molar-refractivity contribution in [2.75, 3.05) is 19.6 Å². The van der Waals surface area contributed by atoms with Gasteiger partial charge in [-0.05, 0) is 26.9 Å². The smallest absolute Gasteiger partial charge is 0.221 e. The molecule has 0 radical (unpaired) electrons. The van der Waals surface area contributed by atoms with Crippen LogP contribution in [0.1, 0.15) is 27.7 Å². The maximum atomic E-state index is 11.8. The number of hydrogen-bond donors (Lipinski definition) is 2. The first-order valence-corrected chi connectivity index (χ1v) is 7.72. The number of sulfonamides is 1. The fourth-order valence-electron chi connectivity index (χ4n) is 1.44. The van der Waals surface area contributed by atoms with Gasteiger partial charge in [-0.2, -0.15) is 0 Å². The van der Waals surface area contributed by atoms with Crippen molar-refractivity contribution < 1.29 is 8.42 Å². The number of rotatable bonds is 8. The Balaban J connectivity index is 4.47. The molecule has 7 heteroatoms. The second kappa shape index (κ2) is 7.25. The van der Waals surface area contributed by atoms with Crippen molar-refractivity contribution >= 4 is 27.2 Å². The standard InChI is InChI=1S/C10H23N3O2S2/c1-5-13(6-2)7-8(3)12-17(14,15)9(4)10(11)16/h8-9,12H,5-7H2,1-4H3,(H2,11,16). The lowest BCUT2D eigenvalue weighted by atomic mass is 10.3. The Hall–Kier alpha value is -0.240. The molecule has 102 valence electrons. The van der Waals surface area contributed by atoms with Crippen LogP contribution < -0.4 is 10.5 Å². The Morgan fingerprint density at radius 1 is 1.35 bits per heavy atom. The normalized spacial score (nSPS) is 15.8. The number of nitrogens with one attached hydrogen (secondary N) is 1. The Labute approximate surface area is 110 Å². The molecule has 0 saturated carbocycles. The van der Waals surface area contributed by atoms with E-state index >= 15 is 0 Å². The zero-order valence-corrected chi connectivity index (χ0v) is 12.6. The summed E-state index contributed by atoms with van der Waals surface area (Å²) in [5.74, 6) is 0. The van der Waals surface area contributed by atoms with Crippen LogP contribution in [0.25, 0.3) is 0 Å². The van der Waals surface area contributed by atoms with Crippen LogP contribution in [-0.2, 0) is 10.0 Å². The van der Waals surface area contributed by atoms with Gasteiger partial charge in [0.2, 0.25) is 10.0 Å². The third-order valence-corrected chi connectivity index (χ3v) is 5.08. The molecule has 3 N–H and O–H groups in total. The predicted molar refractivity (Wildman–Crippen MR) is 75.6 cm³/mol. The van der Waals surface area contributed by atoms with E-state index < -0.39 is 15.3 Å². The zero-order valence-electron chi connectivity index (χ0n) is 10.9. The second-order valence-electron chi connectivity index (χ2n) is 4.09. The first-order chi connectivity index (χ1) is 7.74. The summed E-state index contributed by atoms with van der Waals surface area (Å²) < 4.78 is 26.3. The summed E-state index contributed by atoms with van der Waals surface area (Å²) in [6, 6.07) is -0.156. The molecule has 0 saturated heterocycles. The topological polar surface area (TPSA) is 75.4 Å². The van der Waals surface area contributed by atoms with E-state index in [1.54, 1.807) is 0 Å². The molecule has 2 atom stereocenters. The van der Waals surface area contributed by atoms with Crippen LogP contribution >= 0.6 is 12.2 Å². The van der Waals surface area contributed by atoms with Crippen molar-refractivity contribution in [3.05, 3.63) is 0 Å². The molecule has 17 heavy (non-hydrogen) atoms. The minimum atomic E-state index is -3.46. The number of hydrogen-bond acceptors (Lipinski definition) is 4. The lowest BCUT2D eigenvalue weighted by Gasteiger charge is -2.24. The van der Waals surface area contributed by atoms with Gasteiger partial charge in [0.05, 0.1) is 4.99 Å². The Kier molecular flexibility index (Phi) is 7.15. The molecule has 0 bridgehead atoms. The largest absolute Gasteiger partial charge is 0.392 e. The van der Waals surface area contributed by atoms with Gasteiger partial charge in [-0.1, -0.05) is 26.1 Å². The van der Waals surface area contributed by atoms with E-state index in [1.165, 1.54) is 6.92 Å². The van der Waals surface area contributed by atoms with Gasteiger partial charge in [0.1, 0.15) is 5.25 Å². The highest BCUT2D eigenvalue weighted by Gasteiger charge is 2.25. The number of likely N-dealkylation sites (N-methyl/N-ethyl adjacent to an activating group) is 1. The summed E-state index contributed by atoms with van der Waals surface area (Å²) in [7, 11) is -3.46. The van der Waals surface area contributed by atoms with E-state index in [0.29, 0.717) is 6.54 Å². The zero-order chi connectivity index (χ0) is 13.6. The molecule has 0 aromatic carbocycles. The minimum Gasteiger partial charge on any atom is -0.392 e. The summed E-state index contributed by atoms with van der Waals surface area (Å²) in [4.78, 5) is 2.14. The van der Waals surface area contributed by atoms with Crippen molar-refractivity contribution in [3.8, 4) is 0 Å². The van der Waals surface area contributed by atoms with E-state index in [9.17, 15) is 8.42 Å². The summed E-state index contributed by atoms with van der Waals surface area (Å²) in [6.07, 6.45) is 0. The second-order valence-corrected chi connectivity index (χ2v) is 6.60. The SMILES string of the molecule is CCN(CC)CC(C)NS(=O)(=O)C(C)C(N)=S. The molecule has 0 heterocycles. The summed E-state index contributed by atoms with van der Waals surface area (Å²) >= 11 is 4.70. The fraction of sp³-hybridized carbons (Fsp3) is 0.900. The Bertz CT molecular complexity index is 339. The van der Waals surface area contributed by atoms with Gasteiger partial charge in [0.25, 0.3) is 0 Å². The predicted octanol–water partition coefficient (Wildman–Crippen LogP) is 0.311. The Morgan fingerprint density at radius 2 is 1.82 bits per heavy atom. The first kappa shape index (κ1) is 16.8. The van der Waals surface area contributed by atoms with E-state index in [2.05, 4.69) is 9.62 Å². The molecule has 2 unspecified atom stereocenters. The van der Waals surface area contributed by atoms with E-state index in [4.69, 9.17) is 18.0 Å². The van der Waals surface area contributed by atoms with Crippen LogP contribution in [0.15, 0.2) is 0 Å². The van der Waals surface area contributed by atoms with Gasteiger partial charge < -0.3 is 10.6 Å². The summed E-state index contributed by atoms with van der Waals surface area (Å²) in [5, 5.41) is -0.836. The van der Waals surface area contributed by atoms with Gasteiger partial charge in [0, 0.05) is 12.6 Å². The van der Waals surface area contributed by atoms with Gasteiger partial charge in [-0.3, -0.25) is 0 Å². The molecular weight excluding hydrogens is 258 g/mol. The fourth-order valence-corrected chi connectivity index (χ4v) is 2.97. The molecule has 0 amide bonds. The third-order valence-electron chi connectivity index (χ3n) is 2.66. The highest BCUT2D eigenvalue weighted by molar-refractivity contribution is 7.93. The van der Waals surface area contributed by atoms with Gasteiger partial charge >= 0.3 is 0 Å². The molecule has 0 aliphatic heterocycles. The molecular formula is C10H23N3O2S2. The number of nitrogens with two attached hydrogens (primary N) is 1.